The first-order chi connectivity index (χ1) is 8.43. The first kappa shape index (κ1) is 12.9. The van der Waals surface area contributed by atoms with Crippen molar-refractivity contribution in [2.45, 2.75) is 58.4 Å². The van der Waals surface area contributed by atoms with Gasteiger partial charge in [0.2, 0.25) is 0 Å². The van der Waals surface area contributed by atoms with Crippen LogP contribution in [-0.2, 0) is 4.74 Å². The van der Waals surface area contributed by atoms with E-state index in [0.29, 0.717) is 22.3 Å². The van der Waals surface area contributed by atoms with Crippen LogP contribution in [0, 0.1) is 22.2 Å². The molecule has 3 unspecified atom stereocenters. The molecule has 18 heavy (non-hydrogen) atoms. The number of rotatable bonds is 4. The van der Waals surface area contributed by atoms with Gasteiger partial charge in [0.25, 0.3) is 0 Å². The minimum atomic E-state index is 0.324. The van der Waals surface area contributed by atoms with Crippen LogP contribution in [-0.4, -0.2) is 19.8 Å². The highest BCUT2D eigenvalue weighted by Crippen LogP contribution is 2.70. The summed E-state index contributed by atoms with van der Waals surface area (Å²) in [5, 5.41) is 0. The second kappa shape index (κ2) is 3.94. The Bertz CT molecular complexity index is 325. The third-order valence-corrected chi connectivity index (χ3v) is 5.94. The topological polar surface area (TPSA) is 47.3 Å². The highest BCUT2D eigenvalue weighted by Gasteiger charge is 2.61. The number of ether oxygens (including phenoxy) is 1. The minimum absolute atomic E-state index is 0.324. The van der Waals surface area contributed by atoms with E-state index in [4.69, 9.17) is 10.6 Å². The minimum Gasteiger partial charge on any atom is -0.383 e. The van der Waals surface area contributed by atoms with Crippen molar-refractivity contribution in [3.05, 3.63) is 0 Å². The van der Waals surface area contributed by atoms with E-state index in [-0.39, 0.29) is 0 Å². The molecule has 0 aromatic rings. The molecular weight excluding hydrogens is 224 g/mol. The molecule has 104 valence electrons. The Kier molecular flexibility index (Phi) is 2.82. The number of hydrogen-bond donors (Lipinski definition) is 2. The van der Waals surface area contributed by atoms with Gasteiger partial charge in [-0.25, -0.2) is 0 Å². The molecule has 0 saturated heterocycles. The van der Waals surface area contributed by atoms with Crippen LogP contribution in [0.5, 0.6) is 0 Å². The molecule has 0 amide bonds. The van der Waals surface area contributed by atoms with E-state index >= 15 is 0 Å². The van der Waals surface area contributed by atoms with Gasteiger partial charge in [0.15, 0.2) is 0 Å². The van der Waals surface area contributed by atoms with Crippen molar-refractivity contribution in [2.24, 2.45) is 28.0 Å². The maximum Gasteiger partial charge on any atom is 0.0634 e. The van der Waals surface area contributed by atoms with Crippen molar-refractivity contribution in [1.82, 2.24) is 5.43 Å². The zero-order valence-electron chi connectivity index (χ0n) is 12.1. The lowest BCUT2D eigenvalue weighted by atomic mass is 9.39. The smallest absolute Gasteiger partial charge is 0.0634 e. The molecule has 0 aliphatic heterocycles. The number of hydrogen-bond acceptors (Lipinski definition) is 3. The third-order valence-electron chi connectivity index (χ3n) is 5.94. The fourth-order valence-corrected chi connectivity index (χ4v) is 6.49. The van der Waals surface area contributed by atoms with Gasteiger partial charge in [0.1, 0.15) is 0 Å². The van der Waals surface area contributed by atoms with Gasteiger partial charge < -0.3 is 4.74 Å². The molecule has 3 heteroatoms. The summed E-state index contributed by atoms with van der Waals surface area (Å²) in [5.74, 6) is 6.76. The highest BCUT2D eigenvalue weighted by atomic mass is 16.5. The van der Waals surface area contributed by atoms with Crippen LogP contribution < -0.4 is 11.3 Å². The average molecular weight is 252 g/mol. The maximum absolute atomic E-state index is 5.84. The second-order valence-corrected chi connectivity index (χ2v) is 8.17. The van der Waals surface area contributed by atoms with Crippen LogP contribution in [0.4, 0.5) is 0 Å². The molecule has 4 rings (SSSR count). The zero-order chi connectivity index (χ0) is 13.0. The summed E-state index contributed by atoms with van der Waals surface area (Å²) >= 11 is 0. The Labute approximate surface area is 111 Å². The number of nitrogens with one attached hydrogen (secondary N) is 1. The van der Waals surface area contributed by atoms with Gasteiger partial charge in [-0.1, -0.05) is 13.8 Å². The van der Waals surface area contributed by atoms with Crippen LogP contribution in [0.2, 0.25) is 0 Å². The van der Waals surface area contributed by atoms with Gasteiger partial charge in [-0.2, -0.15) is 0 Å². The molecule has 0 spiro atoms. The summed E-state index contributed by atoms with van der Waals surface area (Å²) in [7, 11) is 1.79. The Morgan fingerprint density at radius 1 is 1.17 bits per heavy atom. The predicted octanol–water partition coefficient (Wildman–Crippen LogP) is 2.46. The molecule has 4 saturated carbocycles. The Morgan fingerprint density at radius 3 is 2.22 bits per heavy atom. The molecule has 3 N–H and O–H groups in total. The van der Waals surface area contributed by atoms with Crippen molar-refractivity contribution in [3.8, 4) is 0 Å². The predicted molar refractivity (Wildman–Crippen MR) is 72.8 cm³/mol. The van der Waals surface area contributed by atoms with Crippen LogP contribution >= 0.6 is 0 Å². The van der Waals surface area contributed by atoms with Crippen molar-refractivity contribution >= 4 is 0 Å². The first-order valence-corrected chi connectivity index (χ1v) is 7.38. The fraction of sp³-hybridized carbons (Fsp3) is 1.00. The van der Waals surface area contributed by atoms with Crippen LogP contribution in [0.15, 0.2) is 0 Å². The molecule has 4 aliphatic carbocycles. The van der Waals surface area contributed by atoms with E-state index in [2.05, 4.69) is 19.3 Å². The molecule has 3 atom stereocenters. The second-order valence-electron chi connectivity index (χ2n) is 8.17. The van der Waals surface area contributed by atoms with Crippen molar-refractivity contribution in [1.29, 1.82) is 0 Å². The zero-order valence-corrected chi connectivity index (χ0v) is 12.1. The Morgan fingerprint density at radius 2 is 1.78 bits per heavy atom. The van der Waals surface area contributed by atoms with Crippen molar-refractivity contribution in [2.75, 3.05) is 13.7 Å². The molecular formula is C15H28N2O. The van der Waals surface area contributed by atoms with E-state index in [1.54, 1.807) is 7.11 Å². The summed E-state index contributed by atoms with van der Waals surface area (Å²) < 4.78 is 5.41. The molecule has 4 aliphatic rings. The molecule has 3 nitrogen and oxygen atoms in total. The molecule has 0 aromatic carbocycles. The number of nitrogens with two attached hydrogens (primary N) is 1. The first-order valence-electron chi connectivity index (χ1n) is 7.38. The van der Waals surface area contributed by atoms with Gasteiger partial charge >= 0.3 is 0 Å². The monoisotopic (exact) mass is 252 g/mol. The summed E-state index contributed by atoms with van der Waals surface area (Å²) in [4.78, 5) is 0. The molecule has 0 aromatic heterocycles. The van der Waals surface area contributed by atoms with Gasteiger partial charge in [-0.05, 0) is 60.7 Å². The van der Waals surface area contributed by atoms with E-state index < -0.39 is 0 Å². The average Bonchev–Trinajstić information content (AvgIpc) is 2.20. The lowest BCUT2D eigenvalue weighted by Gasteiger charge is -2.67. The highest BCUT2D eigenvalue weighted by molar-refractivity contribution is 5.13. The lowest BCUT2D eigenvalue weighted by Crippen LogP contribution is -2.63. The third kappa shape index (κ3) is 1.83. The summed E-state index contributed by atoms with van der Waals surface area (Å²) in [6, 6.07) is 0.324. The quantitative estimate of drug-likeness (QED) is 0.597. The molecule has 0 radical (unpaired) electrons. The molecule has 4 fully saturated rings. The SMILES string of the molecule is COCC(NN)C12CC3CC(C)(CC(C)(C3)C1)C2. The summed E-state index contributed by atoms with van der Waals surface area (Å²) in [6.07, 6.45) is 8.33. The Balaban J connectivity index is 1.92. The van der Waals surface area contributed by atoms with Crippen LogP contribution in [0.3, 0.4) is 0 Å². The van der Waals surface area contributed by atoms with E-state index in [1.807, 2.05) is 0 Å². The molecule has 0 heterocycles. The normalized spacial score (nSPS) is 51.7. The fourth-order valence-electron chi connectivity index (χ4n) is 6.49. The maximum atomic E-state index is 5.84. The van der Waals surface area contributed by atoms with Gasteiger partial charge in [-0.15, -0.1) is 0 Å². The van der Waals surface area contributed by atoms with E-state index in [0.717, 1.165) is 12.5 Å². The van der Waals surface area contributed by atoms with Crippen LogP contribution in [0.1, 0.15) is 52.4 Å². The van der Waals surface area contributed by atoms with E-state index in [9.17, 15) is 0 Å². The summed E-state index contributed by atoms with van der Waals surface area (Å²) in [5.41, 5.74) is 4.56. The van der Waals surface area contributed by atoms with Crippen molar-refractivity contribution in [3.63, 3.8) is 0 Å². The largest absolute Gasteiger partial charge is 0.383 e. The van der Waals surface area contributed by atoms with Gasteiger partial charge in [0.05, 0.1) is 12.6 Å². The number of hydrazine groups is 1. The van der Waals surface area contributed by atoms with Gasteiger partial charge in [0, 0.05) is 7.11 Å². The summed E-state index contributed by atoms with van der Waals surface area (Å²) in [6.45, 7) is 5.76. The molecule has 4 bridgehead atoms. The Hall–Kier alpha value is -0.120. The van der Waals surface area contributed by atoms with Gasteiger partial charge in [-0.3, -0.25) is 11.3 Å². The van der Waals surface area contributed by atoms with Crippen molar-refractivity contribution < 1.29 is 4.74 Å². The lowest BCUT2D eigenvalue weighted by molar-refractivity contribution is -0.163. The van der Waals surface area contributed by atoms with Crippen LogP contribution in [0.25, 0.3) is 0 Å². The number of methoxy groups -OCH3 is 1. The standard InChI is InChI=1S/C15H28N2O/c1-13-4-11-5-14(2,8-13)10-15(6-11,9-13)12(17-16)7-18-3/h11-12,17H,4-10,16H2,1-3H3. The van der Waals surface area contributed by atoms with E-state index in [1.165, 1.54) is 38.5 Å².